The number of hydrogen-bond acceptors (Lipinski definition) is 3. The zero-order valence-electron chi connectivity index (χ0n) is 14.0. The van der Waals surface area contributed by atoms with Crippen molar-refractivity contribution in [3.05, 3.63) is 78.6 Å². The fourth-order valence-electron chi connectivity index (χ4n) is 2.50. The molecule has 0 aliphatic carbocycles. The Bertz CT molecular complexity index is 791. The van der Waals surface area contributed by atoms with Crippen LogP contribution in [0.5, 0.6) is 11.5 Å². The molecule has 2 aromatic rings. The van der Waals surface area contributed by atoms with Crippen LogP contribution in [0, 0.1) is 0 Å². The third-order valence-corrected chi connectivity index (χ3v) is 3.55. The van der Waals surface area contributed by atoms with E-state index in [1.54, 1.807) is 18.2 Å². The predicted octanol–water partition coefficient (Wildman–Crippen LogP) is 4.06. The Labute approximate surface area is 143 Å². The van der Waals surface area contributed by atoms with Gasteiger partial charge in [-0.15, -0.1) is 0 Å². The molecule has 0 fully saturated rings. The zero-order valence-corrected chi connectivity index (χ0v) is 14.0. The molecule has 0 amide bonds. The number of benzene rings is 2. The van der Waals surface area contributed by atoms with E-state index in [1.807, 2.05) is 57.3 Å². The molecular weight excluding hydrogens is 299 g/mol. The van der Waals surface area contributed by atoms with Crippen molar-refractivity contribution >= 4 is 13.4 Å². The van der Waals surface area contributed by atoms with Gasteiger partial charge in [0, 0.05) is 22.3 Å². The van der Waals surface area contributed by atoms with Crippen molar-refractivity contribution in [3.63, 3.8) is 0 Å². The fourth-order valence-corrected chi connectivity index (χ4v) is 2.50. The summed E-state index contributed by atoms with van der Waals surface area (Å²) in [6.45, 7) is 6.02. The Balaban J connectivity index is 2.72. The second kappa shape index (κ2) is 8.11. The van der Waals surface area contributed by atoms with E-state index in [0.717, 1.165) is 11.1 Å². The summed E-state index contributed by atoms with van der Waals surface area (Å²) in [5, 5.41) is 20.2. The summed E-state index contributed by atoms with van der Waals surface area (Å²) < 4.78 is 5.86. The number of phenolic OH excluding ortho intramolecular Hbond substituents is 1. The fraction of sp³-hybridized carbons (Fsp3) is 0.100. The van der Waals surface area contributed by atoms with Gasteiger partial charge in [0.25, 0.3) is 0 Å². The molecule has 2 N–H and O–H groups in total. The maximum absolute atomic E-state index is 10.2. The molecule has 0 atom stereocenters. The molecule has 24 heavy (non-hydrogen) atoms. The first-order chi connectivity index (χ1) is 11.6. The minimum Gasteiger partial charge on any atom is -0.508 e. The predicted molar refractivity (Wildman–Crippen MR) is 102 cm³/mol. The molecule has 2 rings (SSSR count). The molecule has 3 nitrogen and oxygen atoms in total. The summed E-state index contributed by atoms with van der Waals surface area (Å²) in [4.78, 5) is 0. The highest BCUT2D eigenvalue weighted by molar-refractivity contribution is 6.08. The lowest BCUT2D eigenvalue weighted by molar-refractivity contribution is 0.386. The Morgan fingerprint density at radius 1 is 1.17 bits per heavy atom. The van der Waals surface area contributed by atoms with Crippen LogP contribution in [-0.2, 0) is 0 Å². The van der Waals surface area contributed by atoms with Gasteiger partial charge in [-0.05, 0) is 13.0 Å². The molecule has 0 heterocycles. The maximum atomic E-state index is 10.2. The maximum Gasteiger partial charge on any atom is 0.150 e. The summed E-state index contributed by atoms with van der Waals surface area (Å²) in [5.74, 6) is 0.744. The highest BCUT2D eigenvalue weighted by Gasteiger charge is 2.17. The summed E-state index contributed by atoms with van der Waals surface area (Å²) in [6.07, 6.45) is 5.49. The normalized spacial score (nSPS) is 11.6. The largest absolute Gasteiger partial charge is 0.508 e. The molecule has 4 heteroatoms. The van der Waals surface area contributed by atoms with Crippen LogP contribution in [0.15, 0.2) is 73.0 Å². The first-order valence-corrected chi connectivity index (χ1v) is 7.85. The SMILES string of the molecule is BCOc1c(/C(=C/C=C\C)C(=C)O)cccc1-c1ccccc1O. The van der Waals surface area contributed by atoms with Crippen LogP contribution in [0.25, 0.3) is 16.7 Å². The van der Waals surface area contributed by atoms with Gasteiger partial charge in [-0.25, -0.2) is 0 Å². The standard InChI is InChI=1S/C20H21BO3/c1-3-4-8-15(14(2)22)17-10-7-11-18(20(17)24-13-21)16-9-5-6-12-19(16)23/h3-12,22-23H,2,13,21H2,1H3/b4-3-,15-8+. The van der Waals surface area contributed by atoms with Gasteiger partial charge in [0.1, 0.15) is 17.3 Å². The Morgan fingerprint density at radius 3 is 2.50 bits per heavy atom. The van der Waals surface area contributed by atoms with Crippen LogP contribution < -0.4 is 4.74 Å². The van der Waals surface area contributed by atoms with Gasteiger partial charge < -0.3 is 14.9 Å². The molecule has 0 radical (unpaired) electrons. The highest BCUT2D eigenvalue weighted by Crippen LogP contribution is 2.41. The quantitative estimate of drug-likeness (QED) is 0.479. The van der Waals surface area contributed by atoms with Crippen molar-refractivity contribution in [2.75, 3.05) is 6.51 Å². The molecule has 0 unspecified atom stereocenters. The number of phenols is 1. The summed E-state index contributed by atoms with van der Waals surface area (Å²) in [6, 6.07) is 12.7. The van der Waals surface area contributed by atoms with E-state index in [9.17, 15) is 10.2 Å². The molecule has 0 aromatic heterocycles. The van der Waals surface area contributed by atoms with Crippen LogP contribution in [0.3, 0.4) is 0 Å². The van der Waals surface area contributed by atoms with Crippen LogP contribution in [0.1, 0.15) is 12.5 Å². The van der Waals surface area contributed by atoms with Gasteiger partial charge in [-0.2, -0.15) is 0 Å². The summed E-state index contributed by atoms with van der Waals surface area (Å²) >= 11 is 0. The van der Waals surface area contributed by atoms with E-state index in [-0.39, 0.29) is 11.5 Å². The highest BCUT2D eigenvalue weighted by atomic mass is 16.5. The van der Waals surface area contributed by atoms with E-state index in [0.29, 0.717) is 23.4 Å². The molecule has 0 saturated carbocycles. The number of allylic oxidation sites excluding steroid dienone is 4. The van der Waals surface area contributed by atoms with Crippen molar-refractivity contribution in [2.45, 2.75) is 6.92 Å². The molecule has 0 aliphatic rings. The molecule has 2 aromatic carbocycles. The van der Waals surface area contributed by atoms with Crippen LogP contribution >= 0.6 is 0 Å². The van der Waals surface area contributed by atoms with Gasteiger partial charge in [-0.1, -0.05) is 61.2 Å². The average Bonchev–Trinajstić information content (AvgIpc) is 2.57. The lowest BCUT2D eigenvalue weighted by Gasteiger charge is -2.17. The van der Waals surface area contributed by atoms with E-state index in [4.69, 9.17) is 4.74 Å². The van der Waals surface area contributed by atoms with Gasteiger partial charge in [0.15, 0.2) is 7.85 Å². The number of aromatic hydroxyl groups is 1. The second-order valence-electron chi connectivity index (χ2n) is 5.19. The Hall–Kier alpha value is -2.88. The molecular formula is C20H21BO3. The number of ether oxygens (including phenoxy) is 1. The molecule has 0 spiro atoms. The van der Waals surface area contributed by atoms with E-state index in [1.165, 1.54) is 0 Å². The Morgan fingerprint density at radius 2 is 1.88 bits per heavy atom. The van der Waals surface area contributed by atoms with Crippen molar-refractivity contribution in [3.8, 4) is 22.6 Å². The smallest absolute Gasteiger partial charge is 0.150 e. The first kappa shape index (κ1) is 17.5. The number of aliphatic hydroxyl groups is 1. The third kappa shape index (κ3) is 3.71. The minimum absolute atomic E-state index is 0.0384. The van der Waals surface area contributed by atoms with Crippen molar-refractivity contribution < 1.29 is 14.9 Å². The molecule has 0 bridgehead atoms. The van der Waals surface area contributed by atoms with Gasteiger partial charge in [0.05, 0.1) is 6.51 Å². The van der Waals surface area contributed by atoms with Gasteiger partial charge in [-0.3, -0.25) is 0 Å². The number of para-hydroxylation sites is 2. The number of aliphatic hydroxyl groups excluding tert-OH is 1. The third-order valence-electron chi connectivity index (χ3n) is 3.55. The van der Waals surface area contributed by atoms with Crippen LogP contribution in [0.4, 0.5) is 0 Å². The average molecular weight is 320 g/mol. The minimum atomic E-state index is -0.0384. The van der Waals surface area contributed by atoms with Gasteiger partial charge >= 0.3 is 0 Å². The zero-order chi connectivity index (χ0) is 17.5. The van der Waals surface area contributed by atoms with E-state index in [2.05, 4.69) is 6.58 Å². The van der Waals surface area contributed by atoms with Gasteiger partial charge in [0.2, 0.25) is 0 Å². The monoisotopic (exact) mass is 320 g/mol. The molecule has 0 aliphatic heterocycles. The summed E-state index contributed by atoms with van der Waals surface area (Å²) in [7, 11) is 1.90. The first-order valence-electron chi connectivity index (χ1n) is 7.85. The second-order valence-corrected chi connectivity index (χ2v) is 5.19. The molecule has 122 valence electrons. The van der Waals surface area contributed by atoms with Crippen molar-refractivity contribution in [1.82, 2.24) is 0 Å². The van der Waals surface area contributed by atoms with E-state index >= 15 is 0 Å². The number of hydrogen-bond donors (Lipinski definition) is 2. The summed E-state index contributed by atoms with van der Waals surface area (Å²) in [5.41, 5.74) is 2.74. The van der Waals surface area contributed by atoms with E-state index < -0.39 is 0 Å². The lowest BCUT2D eigenvalue weighted by Crippen LogP contribution is -2.02. The molecule has 0 saturated heterocycles. The van der Waals surface area contributed by atoms with Crippen molar-refractivity contribution in [2.24, 2.45) is 0 Å². The number of rotatable bonds is 6. The van der Waals surface area contributed by atoms with Crippen LogP contribution in [0.2, 0.25) is 0 Å². The topological polar surface area (TPSA) is 49.7 Å². The Kier molecular flexibility index (Phi) is 5.91. The van der Waals surface area contributed by atoms with Crippen LogP contribution in [-0.4, -0.2) is 24.6 Å². The lowest BCUT2D eigenvalue weighted by atomic mass is 9.95. The van der Waals surface area contributed by atoms with Crippen molar-refractivity contribution in [1.29, 1.82) is 0 Å².